The summed E-state index contributed by atoms with van der Waals surface area (Å²) in [6.07, 6.45) is 1.26. The van der Waals surface area contributed by atoms with Crippen LogP contribution in [0, 0.1) is 0 Å². The molecule has 0 heterocycles. The summed E-state index contributed by atoms with van der Waals surface area (Å²) in [5.41, 5.74) is 1.37. The Morgan fingerprint density at radius 1 is 1.54 bits per heavy atom. The molecule has 0 spiro atoms. The third-order valence-electron chi connectivity index (χ3n) is 2.53. The molecule has 1 N–H and O–H groups in total. The zero-order chi connectivity index (χ0) is 9.26. The summed E-state index contributed by atoms with van der Waals surface area (Å²) in [7, 11) is 0. The maximum absolute atomic E-state index is 5.92. The Kier molecular flexibility index (Phi) is 2.56. The van der Waals surface area contributed by atoms with Crippen LogP contribution in [0.3, 0.4) is 0 Å². The fourth-order valence-electron chi connectivity index (χ4n) is 1.79. The normalized spacial score (nSPS) is 26.0. The van der Waals surface area contributed by atoms with Crippen molar-refractivity contribution in [2.75, 3.05) is 6.54 Å². The van der Waals surface area contributed by atoms with E-state index in [0.717, 1.165) is 11.6 Å². The van der Waals surface area contributed by atoms with E-state index in [1.165, 1.54) is 12.0 Å². The van der Waals surface area contributed by atoms with Crippen LogP contribution in [0.2, 0.25) is 5.02 Å². The Balaban J connectivity index is 2.03. The van der Waals surface area contributed by atoms with E-state index < -0.39 is 0 Å². The van der Waals surface area contributed by atoms with Crippen LogP contribution in [0.25, 0.3) is 0 Å². The number of likely N-dealkylation sites (N-methyl/N-ethyl adjacent to an activating group) is 1. The third kappa shape index (κ3) is 2.04. The fourth-order valence-corrected chi connectivity index (χ4v) is 1.99. The molecule has 2 heteroatoms. The minimum Gasteiger partial charge on any atom is -0.314 e. The van der Waals surface area contributed by atoms with Gasteiger partial charge in [-0.2, -0.15) is 0 Å². The highest BCUT2D eigenvalue weighted by Crippen LogP contribution is 2.41. The monoisotopic (exact) mass is 195 g/mol. The molecule has 0 saturated heterocycles. The number of halogens is 1. The summed E-state index contributed by atoms with van der Waals surface area (Å²) in [4.78, 5) is 0. The number of benzene rings is 1. The highest BCUT2D eigenvalue weighted by atomic mass is 35.5. The molecule has 1 aromatic carbocycles. The lowest BCUT2D eigenvalue weighted by Crippen LogP contribution is -2.16. The van der Waals surface area contributed by atoms with Crippen molar-refractivity contribution in [3.05, 3.63) is 34.9 Å². The lowest BCUT2D eigenvalue weighted by atomic mass is 10.1. The van der Waals surface area contributed by atoms with E-state index in [9.17, 15) is 0 Å². The molecule has 1 aliphatic carbocycles. The van der Waals surface area contributed by atoms with Gasteiger partial charge in [0.25, 0.3) is 0 Å². The fraction of sp³-hybridized carbons (Fsp3) is 0.455. The maximum Gasteiger partial charge on any atom is 0.0408 e. The Morgan fingerprint density at radius 2 is 2.38 bits per heavy atom. The summed E-state index contributed by atoms with van der Waals surface area (Å²) in [6, 6.07) is 8.87. The van der Waals surface area contributed by atoms with Gasteiger partial charge in [-0.15, -0.1) is 0 Å². The molecule has 0 aromatic heterocycles. The van der Waals surface area contributed by atoms with Crippen LogP contribution in [-0.2, 0) is 0 Å². The average molecular weight is 196 g/mol. The van der Waals surface area contributed by atoms with Gasteiger partial charge in [-0.05, 0) is 30.7 Å². The Labute approximate surface area is 84.1 Å². The molecule has 1 aromatic rings. The topological polar surface area (TPSA) is 12.0 Å². The van der Waals surface area contributed by atoms with Gasteiger partial charge in [0.2, 0.25) is 0 Å². The van der Waals surface area contributed by atoms with Gasteiger partial charge in [0.1, 0.15) is 0 Å². The number of rotatable bonds is 3. The summed E-state index contributed by atoms with van der Waals surface area (Å²) >= 11 is 5.92. The predicted octanol–water partition coefficient (Wildman–Crippen LogP) is 2.81. The minimum atomic E-state index is 0.684. The first-order valence-corrected chi connectivity index (χ1v) is 5.18. The summed E-state index contributed by atoms with van der Waals surface area (Å²) < 4.78 is 0. The van der Waals surface area contributed by atoms with Crippen molar-refractivity contribution in [2.45, 2.75) is 25.3 Å². The molecular formula is C11H14ClN. The van der Waals surface area contributed by atoms with Crippen molar-refractivity contribution >= 4 is 11.6 Å². The highest BCUT2D eigenvalue weighted by molar-refractivity contribution is 6.30. The minimum absolute atomic E-state index is 0.684. The van der Waals surface area contributed by atoms with E-state index in [2.05, 4.69) is 24.4 Å². The third-order valence-corrected chi connectivity index (χ3v) is 2.77. The molecule has 1 fully saturated rings. The molecule has 2 unspecified atom stereocenters. The SMILES string of the molecule is CCNC1CC1c1cccc(Cl)c1. The van der Waals surface area contributed by atoms with Crippen molar-refractivity contribution in [3.63, 3.8) is 0 Å². The molecule has 0 radical (unpaired) electrons. The van der Waals surface area contributed by atoms with Crippen molar-refractivity contribution in [1.82, 2.24) is 5.32 Å². The lowest BCUT2D eigenvalue weighted by Gasteiger charge is -2.01. The first-order chi connectivity index (χ1) is 6.31. The molecule has 0 bridgehead atoms. The predicted molar refractivity (Wildman–Crippen MR) is 56.3 cm³/mol. The highest BCUT2D eigenvalue weighted by Gasteiger charge is 2.37. The number of hydrogen-bond acceptors (Lipinski definition) is 1. The molecule has 1 saturated carbocycles. The molecule has 0 aliphatic heterocycles. The van der Waals surface area contributed by atoms with E-state index in [1.54, 1.807) is 0 Å². The standard InChI is InChI=1S/C11H14ClN/c1-2-13-11-7-10(11)8-4-3-5-9(12)6-8/h3-6,10-11,13H,2,7H2,1H3. The van der Waals surface area contributed by atoms with Crippen molar-refractivity contribution in [2.24, 2.45) is 0 Å². The van der Waals surface area contributed by atoms with Crippen LogP contribution in [0.5, 0.6) is 0 Å². The van der Waals surface area contributed by atoms with Gasteiger partial charge in [0.05, 0.1) is 0 Å². The first-order valence-electron chi connectivity index (χ1n) is 4.80. The molecule has 1 aliphatic rings. The summed E-state index contributed by atoms with van der Waals surface area (Å²) in [5.74, 6) is 0.693. The summed E-state index contributed by atoms with van der Waals surface area (Å²) in [5, 5.41) is 4.29. The van der Waals surface area contributed by atoms with E-state index in [0.29, 0.717) is 12.0 Å². The zero-order valence-electron chi connectivity index (χ0n) is 7.76. The van der Waals surface area contributed by atoms with Crippen LogP contribution in [0.1, 0.15) is 24.8 Å². The second-order valence-electron chi connectivity index (χ2n) is 3.56. The molecule has 70 valence electrons. The maximum atomic E-state index is 5.92. The van der Waals surface area contributed by atoms with Gasteiger partial charge in [0.15, 0.2) is 0 Å². The van der Waals surface area contributed by atoms with Crippen LogP contribution in [-0.4, -0.2) is 12.6 Å². The molecule has 1 nitrogen and oxygen atoms in total. The van der Waals surface area contributed by atoms with E-state index in [4.69, 9.17) is 11.6 Å². The zero-order valence-corrected chi connectivity index (χ0v) is 8.51. The van der Waals surface area contributed by atoms with Crippen LogP contribution < -0.4 is 5.32 Å². The van der Waals surface area contributed by atoms with Gasteiger partial charge in [0, 0.05) is 17.0 Å². The van der Waals surface area contributed by atoms with Gasteiger partial charge in [-0.1, -0.05) is 30.7 Å². The van der Waals surface area contributed by atoms with Crippen molar-refractivity contribution < 1.29 is 0 Å². The van der Waals surface area contributed by atoms with Gasteiger partial charge < -0.3 is 5.32 Å². The second kappa shape index (κ2) is 3.69. The van der Waals surface area contributed by atoms with Crippen LogP contribution in [0.15, 0.2) is 24.3 Å². The van der Waals surface area contributed by atoms with Crippen molar-refractivity contribution in [1.29, 1.82) is 0 Å². The second-order valence-corrected chi connectivity index (χ2v) is 4.00. The molecular weight excluding hydrogens is 182 g/mol. The van der Waals surface area contributed by atoms with Crippen LogP contribution in [0.4, 0.5) is 0 Å². The largest absolute Gasteiger partial charge is 0.314 e. The van der Waals surface area contributed by atoms with Crippen molar-refractivity contribution in [3.8, 4) is 0 Å². The Bertz CT molecular complexity index is 298. The summed E-state index contributed by atoms with van der Waals surface area (Å²) in [6.45, 7) is 3.20. The van der Waals surface area contributed by atoms with Gasteiger partial charge in [-0.25, -0.2) is 0 Å². The van der Waals surface area contributed by atoms with Crippen LogP contribution >= 0.6 is 11.6 Å². The molecule has 2 atom stereocenters. The van der Waals surface area contributed by atoms with Gasteiger partial charge in [-0.3, -0.25) is 0 Å². The lowest BCUT2D eigenvalue weighted by molar-refractivity contribution is 0.703. The smallest absolute Gasteiger partial charge is 0.0408 e. The number of hydrogen-bond donors (Lipinski definition) is 1. The van der Waals surface area contributed by atoms with E-state index in [-0.39, 0.29) is 0 Å². The Hall–Kier alpha value is -0.530. The van der Waals surface area contributed by atoms with Gasteiger partial charge >= 0.3 is 0 Å². The molecule has 2 rings (SSSR count). The Morgan fingerprint density at radius 3 is 3.08 bits per heavy atom. The van der Waals surface area contributed by atoms with E-state index >= 15 is 0 Å². The number of nitrogens with one attached hydrogen (secondary N) is 1. The molecule has 0 amide bonds. The quantitative estimate of drug-likeness (QED) is 0.782. The molecule has 13 heavy (non-hydrogen) atoms. The average Bonchev–Trinajstić information content (AvgIpc) is 2.85. The first kappa shape index (κ1) is 9.04. The van der Waals surface area contributed by atoms with E-state index in [1.807, 2.05) is 12.1 Å².